The number of carboxylic acids is 1. The molecule has 0 bridgehead atoms. The van der Waals surface area contributed by atoms with Gasteiger partial charge in [0.05, 0.1) is 6.42 Å². The highest BCUT2D eigenvalue weighted by Crippen LogP contribution is 2.31. The van der Waals surface area contributed by atoms with Crippen LogP contribution in [0.1, 0.15) is 51.0 Å². The van der Waals surface area contributed by atoms with Crippen molar-refractivity contribution in [2.45, 2.75) is 51.9 Å². The van der Waals surface area contributed by atoms with Gasteiger partial charge in [-0.3, -0.25) is 14.4 Å². The minimum Gasteiger partial charge on any atom is -0.480 e. The van der Waals surface area contributed by atoms with Crippen molar-refractivity contribution in [1.82, 2.24) is 5.32 Å². The number of nitrogens with one attached hydrogen (secondary N) is 2. The molecule has 1 aromatic rings. The number of carbonyl (C=O) groups excluding carboxylic acids is 2. The zero-order valence-electron chi connectivity index (χ0n) is 15.3. The molecule has 142 valence electrons. The molecule has 0 spiro atoms. The maximum atomic E-state index is 12.5. The van der Waals surface area contributed by atoms with Gasteiger partial charge in [-0.15, -0.1) is 0 Å². The lowest BCUT2D eigenvalue weighted by Gasteiger charge is -2.18. The van der Waals surface area contributed by atoms with Crippen molar-refractivity contribution in [1.29, 1.82) is 0 Å². The Labute approximate surface area is 154 Å². The largest absolute Gasteiger partial charge is 0.480 e. The highest BCUT2D eigenvalue weighted by Gasteiger charge is 2.23. The molecular formula is C20H28N2O4. The van der Waals surface area contributed by atoms with E-state index in [1.165, 1.54) is 25.7 Å². The Morgan fingerprint density at radius 1 is 1.15 bits per heavy atom. The first-order valence-electron chi connectivity index (χ1n) is 9.36. The van der Waals surface area contributed by atoms with Crippen molar-refractivity contribution in [3.05, 3.63) is 29.8 Å². The molecule has 3 N–H and O–H groups in total. The molecule has 1 saturated carbocycles. The predicted octanol–water partition coefficient (Wildman–Crippen LogP) is 2.97. The molecule has 1 aromatic carbocycles. The number of amides is 2. The second-order valence-electron chi connectivity index (χ2n) is 7.02. The molecule has 1 atom stereocenters. The summed E-state index contributed by atoms with van der Waals surface area (Å²) in [7, 11) is 0. The molecule has 0 saturated heterocycles. The molecule has 6 heteroatoms. The molecule has 26 heavy (non-hydrogen) atoms. The van der Waals surface area contributed by atoms with E-state index >= 15 is 0 Å². The highest BCUT2D eigenvalue weighted by atomic mass is 16.4. The molecule has 0 aliphatic heterocycles. The summed E-state index contributed by atoms with van der Waals surface area (Å²) >= 11 is 0. The van der Waals surface area contributed by atoms with E-state index in [0.29, 0.717) is 5.92 Å². The fourth-order valence-electron chi connectivity index (χ4n) is 3.48. The Balaban J connectivity index is 1.83. The quantitative estimate of drug-likeness (QED) is 0.631. The highest BCUT2D eigenvalue weighted by molar-refractivity contribution is 5.92. The van der Waals surface area contributed by atoms with E-state index in [4.69, 9.17) is 5.11 Å². The van der Waals surface area contributed by atoms with Crippen LogP contribution in [0.3, 0.4) is 0 Å². The summed E-state index contributed by atoms with van der Waals surface area (Å²) in [6.07, 6.45) is 6.95. The van der Waals surface area contributed by atoms with Crippen LogP contribution in [0.4, 0.5) is 5.69 Å². The SMILES string of the molecule is CCC(CC1CCCC1)C(=O)Nc1ccc(CC(=O)NCC(=O)O)cc1. The minimum absolute atomic E-state index is 0.0413. The first-order chi connectivity index (χ1) is 12.5. The first kappa shape index (κ1) is 19.9. The van der Waals surface area contributed by atoms with Crippen LogP contribution < -0.4 is 10.6 Å². The Hall–Kier alpha value is -2.37. The van der Waals surface area contributed by atoms with Gasteiger partial charge in [0, 0.05) is 11.6 Å². The molecule has 0 heterocycles. The molecule has 2 amide bonds. The summed E-state index contributed by atoms with van der Waals surface area (Å²) in [5.74, 6) is -0.630. The summed E-state index contributed by atoms with van der Waals surface area (Å²) in [5, 5.41) is 13.8. The third kappa shape index (κ3) is 6.50. The maximum Gasteiger partial charge on any atom is 0.322 e. The predicted molar refractivity (Wildman–Crippen MR) is 99.8 cm³/mol. The maximum absolute atomic E-state index is 12.5. The van der Waals surface area contributed by atoms with Gasteiger partial charge in [-0.25, -0.2) is 0 Å². The zero-order valence-corrected chi connectivity index (χ0v) is 15.3. The first-order valence-corrected chi connectivity index (χ1v) is 9.36. The lowest BCUT2D eigenvalue weighted by molar-refractivity contribution is -0.137. The summed E-state index contributed by atoms with van der Waals surface area (Å²) in [6.45, 7) is 1.67. The molecule has 0 aromatic heterocycles. The lowest BCUT2D eigenvalue weighted by Crippen LogP contribution is -2.30. The minimum atomic E-state index is -1.07. The van der Waals surface area contributed by atoms with Gasteiger partial charge in [0.25, 0.3) is 0 Å². The number of aliphatic carboxylic acids is 1. The Kier molecular flexibility index (Phi) is 7.63. The fraction of sp³-hybridized carbons (Fsp3) is 0.550. The third-order valence-electron chi connectivity index (χ3n) is 4.98. The molecule has 6 nitrogen and oxygen atoms in total. The van der Waals surface area contributed by atoms with Gasteiger partial charge in [0.2, 0.25) is 11.8 Å². The summed E-state index contributed by atoms with van der Waals surface area (Å²) < 4.78 is 0. The van der Waals surface area contributed by atoms with Gasteiger partial charge in [0.1, 0.15) is 6.54 Å². The second kappa shape index (κ2) is 9.94. The van der Waals surface area contributed by atoms with E-state index in [2.05, 4.69) is 17.6 Å². The van der Waals surface area contributed by atoms with E-state index in [0.717, 1.165) is 24.1 Å². The number of carbonyl (C=O) groups is 3. The Morgan fingerprint density at radius 3 is 2.38 bits per heavy atom. The summed E-state index contributed by atoms with van der Waals surface area (Å²) in [5.41, 5.74) is 1.48. The molecule has 1 fully saturated rings. The molecule has 0 radical (unpaired) electrons. The smallest absolute Gasteiger partial charge is 0.322 e. The van der Waals surface area contributed by atoms with Gasteiger partial charge in [-0.05, 0) is 36.5 Å². The van der Waals surface area contributed by atoms with Crippen LogP contribution in [-0.4, -0.2) is 29.4 Å². The number of hydrogen-bond donors (Lipinski definition) is 3. The van der Waals surface area contributed by atoms with Gasteiger partial charge in [-0.2, -0.15) is 0 Å². The Morgan fingerprint density at radius 2 is 1.81 bits per heavy atom. The van der Waals surface area contributed by atoms with Crippen LogP contribution in [0.2, 0.25) is 0 Å². The second-order valence-corrected chi connectivity index (χ2v) is 7.02. The van der Waals surface area contributed by atoms with Gasteiger partial charge in [0.15, 0.2) is 0 Å². The van der Waals surface area contributed by atoms with Crippen LogP contribution in [0.15, 0.2) is 24.3 Å². The molecule has 1 unspecified atom stereocenters. The van der Waals surface area contributed by atoms with Crippen molar-refractivity contribution < 1.29 is 19.5 Å². The molecular weight excluding hydrogens is 332 g/mol. The van der Waals surface area contributed by atoms with Crippen molar-refractivity contribution in [2.75, 3.05) is 11.9 Å². The van der Waals surface area contributed by atoms with E-state index < -0.39 is 5.97 Å². The van der Waals surface area contributed by atoms with E-state index in [9.17, 15) is 14.4 Å². The Bertz CT molecular complexity index is 621. The van der Waals surface area contributed by atoms with Crippen molar-refractivity contribution in [3.8, 4) is 0 Å². The van der Waals surface area contributed by atoms with Crippen molar-refractivity contribution in [3.63, 3.8) is 0 Å². The third-order valence-corrected chi connectivity index (χ3v) is 4.98. The lowest BCUT2D eigenvalue weighted by atomic mass is 9.90. The number of anilines is 1. The summed E-state index contributed by atoms with van der Waals surface area (Å²) in [6, 6.07) is 7.10. The molecule has 1 aliphatic rings. The average Bonchev–Trinajstić information content (AvgIpc) is 3.12. The number of hydrogen-bond acceptors (Lipinski definition) is 3. The van der Waals surface area contributed by atoms with Gasteiger partial charge >= 0.3 is 5.97 Å². The normalized spacial score (nSPS) is 15.4. The summed E-state index contributed by atoms with van der Waals surface area (Å²) in [4.78, 5) is 34.6. The van der Waals surface area contributed by atoms with Crippen LogP contribution in [0.5, 0.6) is 0 Å². The zero-order chi connectivity index (χ0) is 18.9. The van der Waals surface area contributed by atoms with Gasteiger partial charge in [-0.1, -0.05) is 44.7 Å². The average molecular weight is 360 g/mol. The number of carboxylic acid groups (broad SMARTS) is 1. The standard InChI is InChI=1S/C20H28N2O4/c1-2-16(11-14-5-3-4-6-14)20(26)22-17-9-7-15(8-10-17)12-18(23)21-13-19(24)25/h7-10,14,16H,2-6,11-13H2,1H3,(H,21,23)(H,22,26)(H,24,25). The van der Waals surface area contributed by atoms with Crippen molar-refractivity contribution in [2.24, 2.45) is 11.8 Å². The topological polar surface area (TPSA) is 95.5 Å². The van der Waals surface area contributed by atoms with Crippen LogP contribution >= 0.6 is 0 Å². The van der Waals surface area contributed by atoms with Crippen LogP contribution in [-0.2, 0) is 20.8 Å². The number of benzene rings is 1. The molecule has 1 aliphatic carbocycles. The fourth-order valence-corrected chi connectivity index (χ4v) is 3.48. The van der Waals surface area contributed by atoms with E-state index in [-0.39, 0.29) is 30.7 Å². The van der Waals surface area contributed by atoms with Crippen LogP contribution in [0, 0.1) is 11.8 Å². The van der Waals surface area contributed by atoms with Crippen molar-refractivity contribution >= 4 is 23.5 Å². The van der Waals surface area contributed by atoms with Crippen LogP contribution in [0.25, 0.3) is 0 Å². The monoisotopic (exact) mass is 360 g/mol. The van der Waals surface area contributed by atoms with E-state index in [1.807, 2.05) is 0 Å². The number of rotatable bonds is 9. The van der Waals surface area contributed by atoms with Gasteiger partial charge < -0.3 is 15.7 Å². The van der Waals surface area contributed by atoms with E-state index in [1.54, 1.807) is 24.3 Å². The molecule has 2 rings (SSSR count).